The molecule has 4 nitrogen and oxygen atoms in total. The molecule has 100 valence electrons. The number of hydrogen-bond donors (Lipinski definition) is 0. The van der Waals surface area contributed by atoms with Gasteiger partial charge in [0, 0.05) is 19.8 Å². The molecule has 0 aliphatic heterocycles. The summed E-state index contributed by atoms with van der Waals surface area (Å²) in [5.74, 6) is 1.51. The van der Waals surface area contributed by atoms with E-state index in [9.17, 15) is 0 Å². The minimum Gasteiger partial charge on any atom is -0.467 e. The maximum absolute atomic E-state index is 5.55. The van der Waals surface area contributed by atoms with Crippen LogP contribution in [-0.4, -0.2) is 27.8 Å². The molecule has 0 fully saturated rings. The molecule has 0 unspecified atom stereocenters. The minimum atomic E-state index is 0.206. The first-order valence-corrected chi connectivity index (χ1v) is 5.70. The molecule has 0 amide bonds. The second-order valence-corrected chi connectivity index (χ2v) is 3.83. The van der Waals surface area contributed by atoms with Gasteiger partial charge in [0.1, 0.15) is 11.5 Å². The first kappa shape index (κ1) is 14.5. The topological polar surface area (TPSA) is 36.9 Å². The van der Waals surface area contributed by atoms with E-state index in [0.29, 0.717) is 6.42 Å². The van der Waals surface area contributed by atoms with Gasteiger partial charge in [-0.1, -0.05) is 6.08 Å². The van der Waals surface area contributed by atoms with E-state index in [4.69, 9.17) is 18.9 Å². The van der Waals surface area contributed by atoms with Crippen molar-refractivity contribution in [3.63, 3.8) is 0 Å². The molecule has 0 aliphatic rings. The zero-order chi connectivity index (χ0) is 13.4. The Morgan fingerprint density at radius 2 is 1.56 bits per heavy atom. The van der Waals surface area contributed by atoms with Gasteiger partial charge >= 0.3 is 0 Å². The van der Waals surface area contributed by atoms with Gasteiger partial charge in [0.2, 0.25) is 0 Å². The Balaban J connectivity index is 3.04. The zero-order valence-electron chi connectivity index (χ0n) is 11.2. The van der Waals surface area contributed by atoms with Gasteiger partial charge in [-0.2, -0.15) is 0 Å². The molecule has 0 saturated carbocycles. The third-order valence-electron chi connectivity index (χ3n) is 2.33. The molecule has 18 heavy (non-hydrogen) atoms. The zero-order valence-corrected chi connectivity index (χ0v) is 11.2. The van der Waals surface area contributed by atoms with Crippen LogP contribution in [0.3, 0.4) is 0 Å². The monoisotopic (exact) mass is 252 g/mol. The summed E-state index contributed by atoms with van der Waals surface area (Å²) < 4.78 is 21.0. The molecule has 1 rings (SSSR count). The quantitative estimate of drug-likeness (QED) is 0.526. The lowest BCUT2D eigenvalue weighted by Gasteiger charge is -2.16. The fraction of sp³-hybridized carbons (Fsp3) is 0.429. The first-order valence-electron chi connectivity index (χ1n) is 5.70. The number of aryl methyl sites for hydroxylation is 1. The average Bonchev–Trinajstić information content (AvgIpc) is 2.36. The first-order chi connectivity index (χ1) is 8.72. The number of benzene rings is 1. The van der Waals surface area contributed by atoms with E-state index in [0.717, 1.165) is 22.6 Å². The van der Waals surface area contributed by atoms with Crippen LogP contribution in [0.5, 0.6) is 11.5 Å². The SMILES string of the molecule is C=CCc1c(OCOC)cc(C)cc1OCOC. The highest BCUT2D eigenvalue weighted by Crippen LogP contribution is 2.31. The van der Waals surface area contributed by atoms with Crippen LogP contribution in [-0.2, 0) is 15.9 Å². The van der Waals surface area contributed by atoms with E-state index in [-0.39, 0.29) is 13.6 Å². The normalized spacial score (nSPS) is 10.2. The van der Waals surface area contributed by atoms with E-state index >= 15 is 0 Å². The van der Waals surface area contributed by atoms with Gasteiger partial charge in [0.25, 0.3) is 0 Å². The molecular weight excluding hydrogens is 232 g/mol. The summed E-state index contributed by atoms with van der Waals surface area (Å²) >= 11 is 0. The molecule has 0 radical (unpaired) electrons. The molecule has 0 saturated heterocycles. The third-order valence-corrected chi connectivity index (χ3v) is 2.33. The molecule has 1 aromatic rings. The predicted molar refractivity (Wildman–Crippen MR) is 70.1 cm³/mol. The molecule has 1 aromatic carbocycles. The van der Waals surface area contributed by atoms with Crippen LogP contribution in [0.25, 0.3) is 0 Å². The van der Waals surface area contributed by atoms with E-state index in [1.54, 1.807) is 14.2 Å². The molecule has 0 heterocycles. The maximum Gasteiger partial charge on any atom is 0.188 e. The predicted octanol–water partition coefficient (Wildman–Crippen LogP) is 2.69. The molecular formula is C14H20O4. The molecule has 0 N–H and O–H groups in total. The van der Waals surface area contributed by atoms with Crippen LogP contribution in [0.4, 0.5) is 0 Å². The smallest absolute Gasteiger partial charge is 0.188 e. The van der Waals surface area contributed by atoms with Gasteiger partial charge in [-0.3, -0.25) is 0 Å². The molecule has 0 atom stereocenters. The van der Waals surface area contributed by atoms with Crippen LogP contribution < -0.4 is 9.47 Å². The molecule has 0 spiro atoms. The number of rotatable bonds is 8. The molecule has 0 aromatic heterocycles. The van der Waals surface area contributed by atoms with Gasteiger partial charge in [-0.05, 0) is 31.0 Å². The Kier molecular flexibility index (Phi) is 6.25. The van der Waals surface area contributed by atoms with Crippen LogP contribution >= 0.6 is 0 Å². The second-order valence-electron chi connectivity index (χ2n) is 3.83. The van der Waals surface area contributed by atoms with Gasteiger partial charge < -0.3 is 18.9 Å². The molecule has 0 aliphatic carbocycles. The fourth-order valence-corrected chi connectivity index (χ4v) is 1.60. The largest absolute Gasteiger partial charge is 0.467 e. The number of ether oxygens (including phenoxy) is 4. The summed E-state index contributed by atoms with van der Waals surface area (Å²) in [6, 6.07) is 3.91. The number of allylic oxidation sites excluding steroid dienone is 1. The van der Waals surface area contributed by atoms with Crippen molar-refractivity contribution >= 4 is 0 Å². The van der Waals surface area contributed by atoms with Crippen LogP contribution in [0, 0.1) is 6.92 Å². The van der Waals surface area contributed by atoms with Gasteiger partial charge in [-0.25, -0.2) is 0 Å². The minimum absolute atomic E-state index is 0.206. The summed E-state index contributed by atoms with van der Waals surface area (Å²) in [5, 5.41) is 0. The maximum atomic E-state index is 5.55. The summed E-state index contributed by atoms with van der Waals surface area (Å²) in [6.45, 7) is 6.14. The Labute approximate surface area is 108 Å². The second kappa shape index (κ2) is 7.74. The van der Waals surface area contributed by atoms with Crippen molar-refractivity contribution in [2.45, 2.75) is 13.3 Å². The van der Waals surface area contributed by atoms with E-state index < -0.39 is 0 Å². The summed E-state index contributed by atoms with van der Waals surface area (Å²) in [6.07, 6.45) is 2.47. The van der Waals surface area contributed by atoms with Crippen molar-refractivity contribution in [3.8, 4) is 11.5 Å². The summed E-state index contributed by atoms with van der Waals surface area (Å²) in [5.41, 5.74) is 2.00. The Bertz CT molecular complexity index is 358. The van der Waals surface area contributed by atoms with Crippen molar-refractivity contribution in [1.29, 1.82) is 0 Å². The van der Waals surface area contributed by atoms with Gasteiger partial charge in [0.05, 0.1) is 0 Å². The summed E-state index contributed by atoms with van der Waals surface area (Å²) in [4.78, 5) is 0. The highest BCUT2D eigenvalue weighted by Gasteiger charge is 2.11. The lowest BCUT2D eigenvalue weighted by molar-refractivity contribution is 0.0448. The van der Waals surface area contributed by atoms with Crippen LogP contribution in [0.15, 0.2) is 24.8 Å². The van der Waals surface area contributed by atoms with Crippen LogP contribution in [0.1, 0.15) is 11.1 Å². The standard InChI is InChI=1S/C14H20O4/c1-5-6-12-13(17-9-15-3)7-11(2)8-14(12)18-10-16-4/h5,7-8H,1,6,9-10H2,2-4H3. The van der Waals surface area contributed by atoms with E-state index in [1.807, 2.05) is 25.1 Å². The lowest BCUT2D eigenvalue weighted by Crippen LogP contribution is -2.06. The average molecular weight is 252 g/mol. The van der Waals surface area contributed by atoms with Crippen molar-refractivity contribution in [1.82, 2.24) is 0 Å². The lowest BCUT2D eigenvalue weighted by atomic mass is 10.1. The Morgan fingerprint density at radius 1 is 1.06 bits per heavy atom. The summed E-state index contributed by atoms with van der Waals surface area (Å²) in [7, 11) is 3.18. The van der Waals surface area contributed by atoms with E-state index in [2.05, 4.69) is 6.58 Å². The molecule has 0 bridgehead atoms. The number of methoxy groups -OCH3 is 2. The van der Waals surface area contributed by atoms with Crippen molar-refractivity contribution < 1.29 is 18.9 Å². The van der Waals surface area contributed by atoms with Crippen LogP contribution in [0.2, 0.25) is 0 Å². The van der Waals surface area contributed by atoms with Gasteiger partial charge in [0.15, 0.2) is 13.6 Å². The van der Waals surface area contributed by atoms with E-state index in [1.165, 1.54) is 0 Å². The van der Waals surface area contributed by atoms with Gasteiger partial charge in [-0.15, -0.1) is 6.58 Å². The van der Waals surface area contributed by atoms with Crippen molar-refractivity contribution in [2.75, 3.05) is 27.8 Å². The van der Waals surface area contributed by atoms with Crippen molar-refractivity contribution in [2.24, 2.45) is 0 Å². The number of hydrogen-bond acceptors (Lipinski definition) is 4. The molecule has 4 heteroatoms. The third kappa shape index (κ3) is 4.05. The highest BCUT2D eigenvalue weighted by atomic mass is 16.7. The van der Waals surface area contributed by atoms with Crippen molar-refractivity contribution in [3.05, 3.63) is 35.9 Å². The Morgan fingerprint density at radius 3 is 1.94 bits per heavy atom. The fourth-order valence-electron chi connectivity index (χ4n) is 1.60. The Hall–Kier alpha value is -1.52. The highest BCUT2D eigenvalue weighted by molar-refractivity contribution is 5.48.